The first-order valence-corrected chi connectivity index (χ1v) is 14.5. The molecule has 1 saturated heterocycles. The number of hydrogen-bond acceptors (Lipinski definition) is 7. The summed E-state index contributed by atoms with van der Waals surface area (Å²) >= 11 is 0. The molecule has 0 aromatic heterocycles. The molecule has 41 heavy (non-hydrogen) atoms. The molecule has 0 spiro atoms. The van der Waals surface area contributed by atoms with E-state index in [4.69, 9.17) is 5.84 Å². The molecule has 12 heteroatoms. The van der Waals surface area contributed by atoms with Gasteiger partial charge in [0.15, 0.2) is 0 Å². The summed E-state index contributed by atoms with van der Waals surface area (Å²) < 4.78 is 15.2. The van der Waals surface area contributed by atoms with Gasteiger partial charge in [0.05, 0.1) is 5.69 Å². The van der Waals surface area contributed by atoms with Crippen molar-refractivity contribution in [2.75, 3.05) is 45.1 Å². The van der Waals surface area contributed by atoms with Crippen molar-refractivity contribution in [3.8, 4) is 0 Å². The highest BCUT2D eigenvalue weighted by molar-refractivity contribution is 6.38. The topological polar surface area (TPSA) is 136 Å². The first-order valence-electron chi connectivity index (χ1n) is 14.5. The number of carbonyl (C=O) groups excluding carboxylic acids is 3. The van der Waals surface area contributed by atoms with E-state index in [9.17, 15) is 14.4 Å². The molecular weight excluding hydrogens is 527 g/mol. The van der Waals surface area contributed by atoms with Crippen LogP contribution in [0.1, 0.15) is 64.4 Å². The van der Waals surface area contributed by atoms with Gasteiger partial charge in [0, 0.05) is 45.9 Å². The minimum Gasteiger partial charge on any atom is -0.340 e. The van der Waals surface area contributed by atoms with E-state index >= 15 is 4.39 Å². The molecule has 3 amide bonds. The van der Waals surface area contributed by atoms with Crippen molar-refractivity contribution < 1.29 is 18.8 Å². The lowest BCUT2D eigenvalue weighted by Gasteiger charge is -2.33. The molecule has 4 N–H and O–H groups in total. The Morgan fingerprint density at radius 1 is 1.17 bits per heavy atom. The van der Waals surface area contributed by atoms with Crippen LogP contribution < -0.4 is 16.5 Å². The minimum atomic E-state index is -0.922. The highest BCUT2D eigenvalue weighted by atomic mass is 19.1. The molecule has 0 unspecified atom stereocenters. The van der Waals surface area contributed by atoms with Crippen molar-refractivity contribution in [3.05, 3.63) is 29.6 Å². The standard InChI is InChI=1S/C29H45FN8O3/c1-6-38(31)27(35-32-4)29(41)34-26(21-9-7-19(2)8-10-21)28(40)33-24-12-11-22(18-23(24)30)20(3)17-25(39)37-15-13-36(5)14-16-37/h11-12,18-21,26H,4,6-10,13-17,31H2,1-3,5H3,(H,33,40)(H,34,41)/b35-27-/t19?,20-,21?,26+/m1/s1. The summed E-state index contributed by atoms with van der Waals surface area (Å²) in [4.78, 5) is 43.4. The number of amides is 3. The molecule has 1 heterocycles. The number of rotatable bonds is 9. The lowest BCUT2D eigenvalue weighted by molar-refractivity contribution is -0.133. The predicted molar refractivity (Wildman–Crippen MR) is 159 cm³/mol. The normalized spacial score (nSPS) is 21.5. The van der Waals surface area contributed by atoms with Crippen molar-refractivity contribution >= 4 is 36.0 Å². The van der Waals surface area contributed by atoms with Crippen LogP contribution in [0.4, 0.5) is 10.1 Å². The van der Waals surface area contributed by atoms with Gasteiger partial charge in [-0.05, 0) is 62.3 Å². The zero-order valence-electron chi connectivity index (χ0n) is 24.7. The van der Waals surface area contributed by atoms with E-state index in [2.05, 4.69) is 39.4 Å². The van der Waals surface area contributed by atoms with E-state index in [0.717, 1.165) is 43.8 Å². The van der Waals surface area contributed by atoms with Crippen LogP contribution in [-0.4, -0.2) is 90.9 Å². The van der Waals surface area contributed by atoms with Gasteiger partial charge in [0.1, 0.15) is 11.9 Å². The van der Waals surface area contributed by atoms with Crippen molar-refractivity contribution in [3.63, 3.8) is 0 Å². The summed E-state index contributed by atoms with van der Waals surface area (Å²) in [6, 6.07) is 3.68. The number of nitrogens with one attached hydrogen (secondary N) is 2. The monoisotopic (exact) mass is 572 g/mol. The highest BCUT2D eigenvalue weighted by Crippen LogP contribution is 2.31. The number of nitrogens with two attached hydrogens (primary N) is 1. The van der Waals surface area contributed by atoms with Crippen molar-refractivity contribution in [1.29, 1.82) is 0 Å². The second kappa shape index (κ2) is 15.0. The first kappa shape index (κ1) is 32.1. The SMILES string of the molecule is C=N/N=C(/C(=O)N[C@H](C(=O)Nc1ccc([C@H](C)CC(=O)N2CCN(C)CC2)cc1F)C1CCC(C)CC1)N(N)CC. The summed E-state index contributed by atoms with van der Waals surface area (Å²) in [7, 11) is 2.03. The van der Waals surface area contributed by atoms with E-state index in [1.165, 1.54) is 12.1 Å². The Balaban J connectivity index is 1.71. The molecule has 1 aliphatic carbocycles. The van der Waals surface area contributed by atoms with Gasteiger partial charge in [-0.2, -0.15) is 5.10 Å². The maximum absolute atomic E-state index is 15.2. The van der Waals surface area contributed by atoms with Crippen molar-refractivity contribution in [2.45, 2.75) is 64.8 Å². The molecule has 1 aromatic carbocycles. The number of halogens is 1. The van der Waals surface area contributed by atoms with Crippen LogP contribution in [0.5, 0.6) is 0 Å². The third-order valence-corrected chi connectivity index (χ3v) is 8.24. The number of carbonyl (C=O) groups is 3. The molecule has 1 aromatic rings. The third-order valence-electron chi connectivity index (χ3n) is 8.24. The molecule has 0 radical (unpaired) electrons. The number of piperazine rings is 1. The van der Waals surface area contributed by atoms with Gasteiger partial charge >= 0.3 is 0 Å². The van der Waals surface area contributed by atoms with Crippen LogP contribution in [0.15, 0.2) is 28.4 Å². The van der Waals surface area contributed by atoms with Gasteiger partial charge in [0.25, 0.3) is 5.91 Å². The van der Waals surface area contributed by atoms with Crippen LogP contribution in [0, 0.1) is 17.7 Å². The molecule has 3 rings (SSSR count). The Bertz CT molecular complexity index is 1110. The van der Waals surface area contributed by atoms with E-state index in [1.54, 1.807) is 13.0 Å². The zero-order chi connectivity index (χ0) is 30.1. The number of benzene rings is 1. The molecule has 11 nitrogen and oxygen atoms in total. The largest absolute Gasteiger partial charge is 0.340 e. The van der Waals surface area contributed by atoms with E-state index in [1.807, 2.05) is 18.9 Å². The molecule has 0 bridgehead atoms. The molecule has 2 atom stereocenters. The highest BCUT2D eigenvalue weighted by Gasteiger charge is 2.34. The van der Waals surface area contributed by atoms with Crippen LogP contribution in [0.25, 0.3) is 0 Å². The number of hydrogen-bond donors (Lipinski definition) is 3. The Morgan fingerprint density at radius 3 is 2.41 bits per heavy atom. The number of anilines is 1. The fourth-order valence-corrected chi connectivity index (χ4v) is 5.39. The van der Waals surface area contributed by atoms with E-state index in [0.29, 0.717) is 24.6 Å². The average molecular weight is 573 g/mol. The molecule has 226 valence electrons. The van der Waals surface area contributed by atoms with Crippen molar-refractivity contribution in [2.24, 2.45) is 27.9 Å². The first-order chi connectivity index (χ1) is 19.5. The van der Waals surface area contributed by atoms with Gasteiger partial charge < -0.3 is 20.4 Å². The summed E-state index contributed by atoms with van der Waals surface area (Å²) in [5.74, 6) is 4.20. The Morgan fingerprint density at radius 2 is 1.83 bits per heavy atom. The second-order valence-electron chi connectivity index (χ2n) is 11.3. The average Bonchev–Trinajstić information content (AvgIpc) is 2.95. The summed E-state index contributed by atoms with van der Waals surface area (Å²) in [5, 5.41) is 13.7. The van der Waals surface area contributed by atoms with Crippen LogP contribution in [0.2, 0.25) is 0 Å². The molecule has 2 fully saturated rings. The Labute approximate surface area is 242 Å². The fraction of sp³-hybridized carbons (Fsp3) is 0.621. The molecule has 1 saturated carbocycles. The lowest BCUT2D eigenvalue weighted by atomic mass is 9.79. The maximum atomic E-state index is 15.2. The summed E-state index contributed by atoms with van der Waals surface area (Å²) in [5.41, 5.74) is 0.685. The third kappa shape index (κ3) is 8.80. The smallest absolute Gasteiger partial charge is 0.290 e. The van der Waals surface area contributed by atoms with Crippen LogP contribution in [0.3, 0.4) is 0 Å². The summed E-state index contributed by atoms with van der Waals surface area (Å²) in [6.45, 7) is 12.4. The van der Waals surface area contributed by atoms with Crippen molar-refractivity contribution in [1.82, 2.24) is 20.1 Å². The molecule has 2 aliphatic rings. The minimum absolute atomic E-state index is 0.00966. The number of amidine groups is 1. The van der Waals surface area contributed by atoms with E-state index in [-0.39, 0.29) is 42.2 Å². The number of hydrazine groups is 1. The van der Waals surface area contributed by atoms with Gasteiger partial charge in [-0.3, -0.25) is 19.4 Å². The van der Waals surface area contributed by atoms with Crippen LogP contribution >= 0.6 is 0 Å². The Hall–Kier alpha value is -3.38. The molecular formula is C29H45FN8O3. The molecule has 1 aliphatic heterocycles. The number of likely N-dealkylation sites (N-methyl/N-ethyl adjacent to an activating group) is 2. The van der Waals surface area contributed by atoms with Gasteiger partial charge in [-0.25, -0.2) is 10.2 Å². The second-order valence-corrected chi connectivity index (χ2v) is 11.3. The van der Waals surface area contributed by atoms with Gasteiger partial charge in [0.2, 0.25) is 17.6 Å². The van der Waals surface area contributed by atoms with E-state index < -0.39 is 23.7 Å². The van der Waals surface area contributed by atoms with Gasteiger partial charge in [-0.15, -0.1) is 5.10 Å². The quantitative estimate of drug-likeness (QED) is 0.180. The summed E-state index contributed by atoms with van der Waals surface area (Å²) in [6.07, 6.45) is 3.61. The lowest BCUT2D eigenvalue weighted by Crippen LogP contribution is -2.55. The number of nitrogens with zero attached hydrogens (tertiary/aromatic N) is 5. The van der Waals surface area contributed by atoms with Gasteiger partial charge in [-0.1, -0.05) is 32.8 Å². The Kier molecular flexibility index (Phi) is 11.8. The predicted octanol–water partition coefficient (Wildman–Crippen LogP) is 2.55. The maximum Gasteiger partial charge on any atom is 0.290 e. The van der Waals surface area contributed by atoms with Crippen LogP contribution in [-0.2, 0) is 14.4 Å². The zero-order valence-corrected chi connectivity index (χ0v) is 24.7. The fourth-order valence-electron chi connectivity index (χ4n) is 5.39.